The molecule has 39 heavy (non-hydrogen) atoms. The molecule has 2 atom stereocenters. The van der Waals surface area contributed by atoms with Crippen LogP contribution in [0.15, 0.2) is 23.8 Å². The van der Waals surface area contributed by atoms with Crippen molar-refractivity contribution in [3.63, 3.8) is 0 Å². The highest BCUT2D eigenvalue weighted by atomic mass is 16.6. The Morgan fingerprint density at radius 2 is 1.23 bits per heavy atom. The second-order valence-corrected chi connectivity index (χ2v) is 10.3. The minimum atomic E-state index is -1.52. The average molecular weight is 556 g/mol. The van der Waals surface area contributed by atoms with E-state index in [1.807, 2.05) is 6.08 Å². The summed E-state index contributed by atoms with van der Waals surface area (Å²) in [5.74, 6) is -2.23. The highest BCUT2D eigenvalue weighted by Gasteiger charge is 2.18. The van der Waals surface area contributed by atoms with Crippen molar-refractivity contribution in [2.75, 3.05) is 6.61 Å². The molecule has 0 fully saturated rings. The molecule has 0 aromatic rings. The standard InChI is InChI=1S/C22H42O2.C9H15NO5/c1-3-4-5-6-7-8-9-10-11-12-13-14-15-16-17-18-19-20-21(2)22(23)24;1-5(2)9(14)15-6(3)10-8(13)7(12)4-11/h20H,3-19H2,1-2H3,(H,23,24);6-7,11-12H,1,4H2,2-3H3,(H,10,13). The van der Waals surface area contributed by atoms with Crippen LogP contribution in [0.4, 0.5) is 0 Å². The van der Waals surface area contributed by atoms with Crippen LogP contribution in [0, 0.1) is 0 Å². The second-order valence-electron chi connectivity index (χ2n) is 10.3. The van der Waals surface area contributed by atoms with Crippen LogP contribution >= 0.6 is 0 Å². The van der Waals surface area contributed by atoms with Gasteiger partial charge in [0.1, 0.15) is 0 Å². The van der Waals surface area contributed by atoms with Gasteiger partial charge in [-0.15, -0.1) is 0 Å². The number of carboxylic acids is 1. The van der Waals surface area contributed by atoms with Crippen molar-refractivity contribution < 1.29 is 34.4 Å². The third kappa shape index (κ3) is 27.2. The van der Waals surface area contributed by atoms with Crippen LogP contribution in [0.25, 0.3) is 0 Å². The molecule has 8 heteroatoms. The number of allylic oxidation sites excluding steroid dienone is 1. The summed E-state index contributed by atoms with van der Waals surface area (Å²) in [6, 6.07) is 0. The SMILES string of the molecule is C=C(C)C(=O)OC(C)NC(=O)C(O)CO.CCCCCCCCCCCCCCCCCCC=C(C)C(=O)O. The van der Waals surface area contributed by atoms with Crippen molar-refractivity contribution in [3.05, 3.63) is 23.8 Å². The predicted molar refractivity (Wildman–Crippen MR) is 157 cm³/mol. The van der Waals surface area contributed by atoms with Crippen LogP contribution in [0.3, 0.4) is 0 Å². The molecule has 1 amide bonds. The van der Waals surface area contributed by atoms with E-state index in [9.17, 15) is 14.4 Å². The molecule has 0 aliphatic rings. The Bertz CT molecular complexity index is 690. The van der Waals surface area contributed by atoms with Crippen molar-refractivity contribution >= 4 is 17.8 Å². The number of unbranched alkanes of at least 4 members (excludes halogenated alkanes) is 16. The molecule has 0 saturated carbocycles. The van der Waals surface area contributed by atoms with Crippen LogP contribution < -0.4 is 5.32 Å². The van der Waals surface area contributed by atoms with Gasteiger partial charge in [-0.2, -0.15) is 0 Å². The van der Waals surface area contributed by atoms with Gasteiger partial charge >= 0.3 is 11.9 Å². The number of ether oxygens (including phenoxy) is 1. The number of aliphatic hydroxyl groups is 2. The van der Waals surface area contributed by atoms with E-state index in [0.29, 0.717) is 5.57 Å². The highest BCUT2D eigenvalue weighted by Crippen LogP contribution is 2.14. The zero-order valence-corrected chi connectivity index (χ0v) is 25.1. The quantitative estimate of drug-likeness (QED) is 0.0484. The van der Waals surface area contributed by atoms with E-state index >= 15 is 0 Å². The Labute approximate surface area is 237 Å². The van der Waals surface area contributed by atoms with E-state index in [0.717, 1.165) is 12.8 Å². The second kappa shape index (κ2) is 27.4. The number of carbonyl (C=O) groups is 3. The minimum absolute atomic E-state index is 0.207. The van der Waals surface area contributed by atoms with Gasteiger partial charge in [0.15, 0.2) is 12.3 Å². The first-order chi connectivity index (χ1) is 18.6. The molecule has 0 rings (SSSR count). The Balaban J connectivity index is 0. The minimum Gasteiger partial charge on any atom is -0.478 e. The molecule has 0 aromatic heterocycles. The fraction of sp³-hybridized carbons (Fsp3) is 0.774. The molecule has 0 heterocycles. The molecule has 228 valence electrons. The van der Waals surface area contributed by atoms with E-state index in [-0.39, 0.29) is 5.57 Å². The van der Waals surface area contributed by atoms with E-state index in [1.165, 1.54) is 110 Å². The maximum Gasteiger partial charge on any atom is 0.335 e. The fourth-order valence-electron chi connectivity index (χ4n) is 3.77. The maximum atomic E-state index is 11.0. The molecule has 0 saturated heterocycles. The monoisotopic (exact) mass is 555 g/mol. The molecule has 0 bridgehead atoms. The van der Waals surface area contributed by atoms with Gasteiger partial charge in [0.2, 0.25) is 0 Å². The predicted octanol–water partition coefficient (Wildman–Crippen LogP) is 6.59. The first-order valence-electron chi connectivity index (χ1n) is 14.9. The summed E-state index contributed by atoms with van der Waals surface area (Å²) < 4.78 is 4.71. The van der Waals surface area contributed by atoms with Gasteiger partial charge in [0.05, 0.1) is 6.61 Å². The van der Waals surface area contributed by atoms with E-state index < -0.39 is 36.8 Å². The number of aliphatic hydroxyl groups excluding tert-OH is 2. The first kappa shape index (κ1) is 39.0. The molecule has 0 aliphatic heterocycles. The highest BCUT2D eigenvalue weighted by molar-refractivity contribution is 5.87. The van der Waals surface area contributed by atoms with E-state index in [4.69, 9.17) is 20.1 Å². The summed E-state index contributed by atoms with van der Waals surface area (Å²) in [6.45, 7) is 9.52. The molecular formula is C31H57NO7. The molecule has 0 aliphatic carbocycles. The summed E-state index contributed by atoms with van der Waals surface area (Å²) in [5.41, 5.74) is 0.690. The Kier molecular flexibility index (Phi) is 27.3. The number of carbonyl (C=O) groups excluding carboxylic acids is 2. The molecule has 0 radical (unpaired) electrons. The maximum absolute atomic E-state index is 11.0. The average Bonchev–Trinajstić information content (AvgIpc) is 2.89. The summed E-state index contributed by atoms with van der Waals surface area (Å²) in [5, 5.41) is 28.3. The van der Waals surface area contributed by atoms with Gasteiger partial charge < -0.3 is 25.4 Å². The Hall–Kier alpha value is -2.19. The molecule has 8 nitrogen and oxygen atoms in total. The van der Waals surface area contributed by atoms with Crippen molar-refractivity contribution in [2.24, 2.45) is 0 Å². The van der Waals surface area contributed by atoms with Gasteiger partial charge in [-0.3, -0.25) is 4.79 Å². The van der Waals surface area contributed by atoms with Gasteiger partial charge in [0, 0.05) is 11.1 Å². The van der Waals surface area contributed by atoms with Crippen LogP contribution in [0.2, 0.25) is 0 Å². The number of carboxylic acid groups (broad SMARTS) is 1. The van der Waals surface area contributed by atoms with Crippen LogP contribution in [-0.2, 0) is 19.1 Å². The summed E-state index contributed by atoms with van der Waals surface area (Å²) >= 11 is 0. The van der Waals surface area contributed by atoms with Gasteiger partial charge in [-0.25, -0.2) is 9.59 Å². The van der Waals surface area contributed by atoms with Crippen molar-refractivity contribution in [1.82, 2.24) is 5.32 Å². The summed E-state index contributed by atoms with van der Waals surface area (Å²) in [6.07, 6.45) is 22.4. The number of amides is 1. The smallest absolute Gasteiger partial charge is 0.335 e. The van der Waals surface area contributed by atoms with Gasteiger partial charge in [-0.05, 0) is 33.6 Å². The molecule has 4 N–H and O–H groups in total. The lowest BCUT2D eigenvalue weighted by molar-refractivity contribution is -0.148. The van der Waals surface area contributed by atoms with Crippen LogP contribution in [0.1, 0.15) is 137 Å². The number of rotatable bonds is 23. The number of aliphatic carboxylic acids is 1. The number of hydrogen-bond acceptors (Lipinski definition) is 6. The third-order valence-electron chi connectivity index (χ3n) is 6.30. The van der Waals surface area contributed by atoms with E-state index in [1.54, 1.807) is 6.92 Å². The number of hydrogen-bond donors (Lipinski definition) is 4. The van der Waals surface area contributed by atoms with Crippen molar-refractivity contribution in [1.29, 1.82) is 0 Å². The third-order valence-corrected chi connectivity index (χ3v) is 6.30. The molecular weight excluding hydrogens is 498 g/mol. The van der Waals surface area contributed by atoms with E-state index in [2.05, 4.69) is 18.8 Å². The number of nitrogens with one attached hydrogen (secondary N) is 1. The number of esters is 1. The molecule has 0 spiro atoms. The molecule has 2 unspecified atom stereocenters. The van der Waals surface area contributed by atoms with Crippen molar-refractivity contribution in [2.45, 2.75) is 149 Å². The Morgan fingerprint density at radius 3 is 1.59 bits per heavy atom. The summed E-state index contributed by atoms with van der Waals surface area (Å²) in [4.78, 5) is 32.6. The lowest BCUT2D eigenvalue weighted by Gasteiger charge is -2.16. The van der Waals surface area contributed by atoms with Crippen molar-refractivity contribution in [3.8, 4) is 0 Å². The lowest BCUT2D eigenvalue weighted by atomic mass is 10.0. The Morgan fingerprint density at radius 1 is 0.821 bits per heavy atom. The lowest BCUT2D eigenvalue weighted by Crippen LogP contribution is -2.43. The largest absolute Gasteiger partial charge is 0.478 e. The fourth-order valence-corrected chi connectivity index (χ4v) is 3.77. The van der Waals surface area contributed by atoms with Crippen LogP contribution in [-0.4, -0.2) is 52.1 Å². The molecule has 0 aromatic carbocycles. The normalized spacial score (nSPS) is 12.6. The van der Waals surface area contributed by atoms with Gasteiger partial charge in [0.25, 0.3) is 5.91 Å². The van der Waals surface area contributed by atoms with Crippen LogP contribution in [0.5, 0.6) is 0 Å². The zero-order chi connectivity index (χ0) is 29.9. The zero-order valence-electron chi connectivity index (χ0n) is 25.1. The topological polar surface area (TPSA) is 133 Å². The first-order valence-corrected chi connectivity index (χ1v) is 14.9. The summed E-state index contributed by atoms with van der Waals surface area (Å²) in [7, 11) is 0. The van der Waals surface area contributed by atoms with Gasteiger partial charge in [-0.1, -0.05) is 116 Å².